The van der Waals surface area contributed by atoms with E-state index in [0.29, 0.717) is 19.4 Å². The molecule has 19 heavy (non-hydrogen) atoms. The van der Waals surface area contributed by atoms with Gasteiger partial charge in [0, 0.05) is 25.5 Å². The largest absolute Gasteiger partial charge is 0.480 e. The topological polar surface area (TPSA) is 87.7 Å². The van der Waals surface area contributed by atoms with Crippen molar-refractivity contribution >= 4 is 23.8 Å². The number of methoxy groups -OCH3 is 1. The highest BCUT2D eigenvalue weighted by molar-refractivity contribution is 7.98. The number of hydrogen-bond acceptors (Lipinski definition) is 4. The summed E-state index contributed by atoms with van der Waals surface area (Å²) in [6.07, 6.45) is 3.73. The van der Waals surface area contributed by atoms with Crippen molar-refractivity contribution in [2.45, 2.75) is 38.3 Å². The van der Waals surface area contributed by atoms with Gasteiger partial charge in [-0.1, -0.05) is 6.92 Å². The quantitative estimate of drug-likeness (QED) is 0.528. The second kappa shape index (κ2) is 10.9. The molecule has 2 amide bonds. The van der Waals surface area contributed by atoms with Crippen LogP contribution >= 0.6 is 11.8 Å². The third kappa shape index (κ3) is 8.72. The molecule has 0 saturated carbocycles. The van der Waals surface area contributed by atoms with Crippen LogP contribution in [0.15, 0.2) is 0 Å². The minimum Gasteiger partial charge on any atom is -0.480 e. The molecule has 112 valence electrons. The zero-order chi connectivity index (χ0) is 14.7. The highest BCUT2D eigenvalue weighted by Crippen LogP contribution is 2.02. The smallest absolute Gasteiger partial charge is 0.326 e. The Morgan fingerprint density at radius 2 is 2.05 bits per heavy atom. The van der Waals surface area contributed by atoms with Crippen molar-refractivity contribution in [2.75, 3.05) is 25.7 Å². The number of nitrogens with one attached hydrogen (secondary N) is 2. The molecular weight excluding hydrogens is 268 g/mol. The summed E-state index contributed by atoms with van der Waals surface area (Å²) in [6, 6.07) is -1.24. The fraction of sp³-hybridized carbons (Fsp3) is 0.833. The Labute approximate surface area is 118 Å². The lowest BCUT2D eigenvalue weighted by atomic mass is 10.1. The molecule has 0 aromatic rings. The van der Waals surface area contributed by atoms with Gasteiger partial charge in [-0.25, -0.2) is 9.59 Å². The number of carbonyl (C=O) groups excluding carboxylic acids is 1. The van der Waals surface area contributed by atoms with E-state index in [-0.39, 0.29) is 6.04 Å². The molecule has 0 spiro atoms. The summed E-state index contributed by atoms with van der Waals surface area (Å²) < 4.78 is 4.87. The predicted octanol–water partition coefficient (Wildman–Crippen LogP) is 1.31. The Morgan fingerprint density at radius 3 is 2.53 bits per heavy atom. The SMILES string of the molecule is CCC(CSC)NC(=O)NC(CCCOC)C(=O)O. The van der Waals surface area contributed by atoms with Crippen LogP contribution in [-0.2, 0) is 9.53 Å². The van der Waals surface area contributed by atoms with Gasteiger partial charge >= 0.3 is 12.0 Å². The van der Waals surface area contributed by atoms with Crippen LogP contribution in [0, 0.1) is 0 Å². The van der Waals surface area contributed by atoms with E-state index in [9.17, 15) is 9.59 Å². The molecule has 0 aliphatic carbocycles. The lowest BCUT2D eigenvalue weighted by Gasteiger charge is -2.19. The van der Waals surface area contributed by atoms with Crippen LogP contribution in [0.5, 0.6) is 0 Å². The molecule has 0 radical (unpaired) electrons. The van der Waals surface area contributed by atoms with Gasteiger partial charge < -0.3 is 20.5 Å². The van der Waals surface area contributed by atoms with Crippen molar-refractivity contribution in [3.63, 3.8) is 0 Å². The van der Waals surface area contributed by atoms with Crippen molar-refractivity contribution in [1.82, 2.24) is 10.6 Å². The number of amides is 2. The van der Waals surface area contributed by atoms with Gasteiger partial charge in [-0.05, 0) is 25.5 Å². The van der Waals surface area contributed by atoms with Crippen LogP contribution in [0.2, 0.25) is 0 Å². The lowest BCUT2D eigenvalue weighted by Crippen LogP contribution is -2.49. The van der Waals surface area contributed by atoms with E-state index in [4.69, 9.17) is 9.84 Å². The first-order chi connectivity index (χ1) is 9.04. The number of hydrogen-bond donors (Lipinski definition) is 3. The molecule has 7 heteroatoms. The highest BCUT2D eigenvalue weighted by Gasteiger charge is 2.20. The standard InChI is InChI=1S/C12H24N2O4S/c1-4-9(8-19-3)13-12(17)14-10(11(15)16)6-5-7-18-2/h9-10H,4-8H2,1-3H3,(H,15,16)(H2,13,14,17). The fourth-order valence-electron chi connectivity index (χ4n) is 1.54. The van der Waals surface area contributed by atoms with Crippen molar-refractivity contribution in [3.8, 4) is 0 Å². The molecule has 0 heterocycles. The number of rotatable bonds is 10. The average Bonchev–Trinajstić information content (AvgIpc) is 2.37. The van der Waals surface area contributed by atoms with E-state index < -0.39 is 18.0 Å². The van der Waals surface area contributed by atoms with Gasteiger partial charge in [0.2, 0.25) is 0 Å². The van der Waals surface area contributed by atoms with Crippen LogP contribution in [-0.4, -0.2) is 54.9 Å². The molecule has 0 aromatic heterocycles. The Hall–Kier alpha value is -0.950. The Bertz CT molecular complexity index is 276. The van der Waals surface area contributed by atoms with Gasteiger partial charge in [-0.3, -0.25) is 0 Å². The molecule has 0 rings (SSSR count). The predicted molar refractivity (Wildman–Crippen MR) is 76.7 cm³/mol. The van der Waals surface area contributed by atoms with Gasteiger partial charge in [0.25, 0.3) is 0 Å². The first kappa shape index (κ1) is 18.0. The molecule has 0 aliphatic heterocycles. The third-order valence-electron chi connectivity index (χ3n) is 2.64. The van der Waals surface area contributed by atoms with Gasteiger partial charge in [0.15, 0.2) is 0 Å². The Kier molecular flexibility index (Phi) is 10.4. The van der Waals surface area contributed by atoms with Crippen molar-refractivity contribution in [3.05, 3.63) is 0 Å². The number of carboxylic acid groups (broad SMARTS) is 1. The molecule has 0 aromatic carbocycles. The average molecular weight is 292 g/mol. The Morgan fingerprint density at radius 1 is 1.37 bits per heavy atom. The zero-order valence-electron chi connectivity index (χ0n) is 11.8. The van der Waals surface area contributed by atoms with Gasteiger partial charge in [-0.2, -0.15) is 11.8 Å². The maximum absolute atomic E-state index is 11.7. The number of aliphatic carboxylic acids is 1. The maximum Gasteiger partial charge on any atom is 0.326 e. The zero-order valence-corrected chi connectivity index (χ0v) is 12.6. The van der Waals surface area contributed by atoms with Crippen LogP contribution in [0.1, 0.15) is 26.2 Å². The van der Waals surface area contributed by atoms with Gasteiger partial charge in [-0.15, -0.1) is 0 Å². The summed E-state index contributed by atoms with van der Waals surface area (Å²) in [6.45, 7) is 2.46. The first-order valence-corrected chi connectivity index (χ1v) is 7.72. The Balaban J connectivity index is 4.18. The number of urea groups is 1. The number of thioether (sulfide) groups is 1. The summed E-state index contributed by atoms with van der Waals surface area (Å²) in [5.41, 5.74) is 0. The van der Waals surface area contributed by atoms with E-state index in [1.165, 1.54) is 0 Å². The summed E-state index contributed by atoms with van der Waals surface area (Å²) in [7, 11) is 1.56. The molecule has 2 unspecified atom stereocenters. The molecule has 0 bridgehead atoms. The molecule has 3 N–H and O–H groups in total. The van der Waals surface area contributed by atoms with Crippen LogP contribution in [0.25, 0.3) is 0 Å². The molecule has 2 atom stereocenters. The van der Waals surface area contributed by atoms with Crippen molar-refractivity contribution in [1.29, 1.82) is 0 Å². The highest BCUT2D eigenvalue weighted by atomic mass is 32.2. The van der Waals surface area contributed by atoms with E-state index in [1.807, 2.05) is 13.2 Å². The van der Waals surface area contributed by atoms with E-state index >= 15 is 0 Å². The van der Waals surface area contributed by atoms with Crippen LogP contribution < -0.4 is 10.6 Å². The molecule has 0 saturated heterocycles. The summed E-state index contributed by atoms with van der Waals surface area (Å²) in [4.78, 5) is 22.7. The number of carbonyl (C=O) groups is 2. The molecule has 0 fully saturated rings. The summed E-state index contributed by atoms with van der Waals surface area (Å²) in [5, 5.41) is 14.3. The maximum atomic E-state index is 11.7. The monoisotopic (exact) mass is 292 g/mol. The number of ether oxygens (including phenoxy) is 1. The number of carboxylic acids is 1. The lowest BCUT2D eigenvalue weighted by molar-refractivity contribution is -0.139. The van der Waals surface area contributed by atoms with Crippen molar-refractivity contribution in [2.24, 2.45) is 0 Å². The minimum atomic E-state index is -1.02. The van der Waals surface area contributed by atoms with E-state index in [1.54, 1.807) is 18.9 Å². The second-order valence-corrected chi connectivity index (χ2v) is 5.11. The normalized spacial score (nSPS) is 13.6. The second-order valence-electron chi connectivity index (χ2n) is 4.20. The van der Waals surface area contributed by atoms with Crippen molar-refractivity contribution < 1.29 is 19.4 Å². The molecule has 0 aliphatic rings. The van der Waals surface area contributed by atoms with Gasteiger partial charge in [0.1, 0.15) is 6.04 Å². The molecular formula is C12H24N2O4S. The first-order valence-electron chi connectivity index (χ1n) is 6.32. The molecule has 6 nitrogen and oxygen atoms in total. The van der Waals surface area contributed by atoms with E-state index in [2.05, 4.69) is 10.6 Å². The third-order valence-corrected chi connectivity index (χ3v) is 3.38. The van der Waals surface area contributed by atoms with E-state index in [0.717, 1.165) is 12.2 Å². The van der Waals surface area contributed by atoms with Gasteiger partial charge in [0.05, 0.1) is 0 Å². The van der Waals surface area contributed by atoms with Crippen LogP contribution in [0.4, 0.5) is 4.79 Å². The fourth-order valence-corrected chi connectivity index (χ4v) is 2.26. The van der Waals surface area contributed by atoms with Crippen LogP contribution in [0.3, 0.4) is 0 Å². The summed E-state index contributed by atoms with van der Waals surface area (Å²) in [5.74, 6) is -0.213. The minimum absolute atomic E-state index is 0.0587. The summed E-state index contributed by atoms with van der Waals surface area (Å²) >= 11 is 1.64.